The van der Waals surface area contributed by atoms with E-state index in [2.05, 4.69) is 59.3 Å². The van der Waals surface area contributed by atoms with Crippen LogP contribution >= 0.6 is 0 Å². The molecule has 0 saturated heterocycles. The molecular formula is C29H23NO2. The zero-order valence-corrected chi connectivity index (χ0v) is 17.6. The largest absolute Gasteiger partial charge is 0.478 e. The summed E-state index contributed by atoms with van der Waals surface area (Å²) in [6, 6.07) is 34.4. The number of carboxylic acids is 1. The molecule has 0 atom stereocenters. The first-order chi connectivity index (χ1) is 15.7. The van der Waals surface area contributed by atoms with Crippen LogP contribution in [0.5, 0.6) is 0 Å². The predicted octanol–water partition coefficient (Wildman–Crippen LogP) is 6.65. The van der Waals surface area contributed by atoms with Crippen molar-refractivity contribution in [3.63, 3.8) is 0 Å². The smallest absolute Gasteiger partial charge is 0.335 e. The molecule has 32 heavy (non-hydrogen) atoms. The van der Waals surface area contributed by atoms with E-state index < -0.39 is 5.97 Å². The van der Waals surface area contributed by atoms with Crippen molar-refractivity contribution < 1.29 is 9.90 Å². The van der Waals surface area contributed by atoms with Crippen LogP contribution in [0.2, 0.25) is 0 Å². The number of hydrogen-bond acceptors (Lipinski definition) is 1. The summed E-state index contributed by atoms with van der Waals surface area (Å²) in [5.41, 5.74) is 6.64. The molecule has 0 spiro atoms. The van der Waals surface area contributed by atoms with E-state index in [9.17, 15) is 9.90 Å². The highest BCUT2D eigenvalue weighted by atomic mass is 16.4. The van der Waals surface area contributed by atoms with E-state index in [0.29, 0.717) is 12.0 Å². The van der Waals surface area contributed by atoms with Gasteiger partial charge >= 0.3 is 5.97 Å². The number of aromatic nitrogens is 1. The summed E-state index contributed by atoms with van der Waals surface area (Å²) in [5.74, 6) is -0.897. The van der Waals surface area contributed by atoms with Gasteiger partial charge in [-0.1, -0.05) is 84.9 Å². The molecule has 0 aliphatic carbocycles. The SMILES string of the molecule is O=C(O)c1cc(-c2ccccc2)ccc1Cc1cccc2c1ccn2Cc1ccccc1. The Labute approximate surface area is 187 Å². The molecule has 156 valence electrons. The van der Waals surface area contributed by atoms with Crippen LogP contribution in [-0.4, -0.2) is 15.6 Å². The lowest BCUT2D eigenvalue weighted by Crippen LogP contribution is -2.04. The van der Waals surface area contributed by atoms with Crippen molar-refractivity contribution in [2.75, 3.05) is 0 Å². The zero-order chi connectivity index (χ0) is 21.9. The highest BCUT2D eigenvalue weighted by molar-refractivity contribution is 5.92. The van der Waals surface area contributed by atoms with Gasteiger partial charge < -0.3 is 9.67 Å². The second kappa shape index (κ2) is 8.56. The Kier molecular flexibility index (Phi) is 5.30. The van der Waals surface area contributed by atoms with Crippen LogP contribution in [0.4, 0.5) is 0 Å². The average Bonchev–Trinajstić information content (AvgIpc) is 3.24. The molecule has 0 radical (unpaired) electrons. The molecule has 1 N–H and O–H groups in total. The lowest BCUT2D eigenvalue weighted by Gasteiger charge is -2.11. The van der Waals surface area contributed by atoms with Crippen LogP contribution in [0.1, 0.15) is 27.0 Å². The molecule has 5 aromatic rings. The molecular weight excluding hydrogens is 394 g/mol. The minimum Gasteiger partial charge on any atom is -0.478 e. The Morgan fingerprint density at radius 3 is 2.22 bits per heavy atom. The van der Waals surface area contributed by atoms with Gasteiger partial charge in [0.2, 0.25) is 0 Å². The molecule has 1 aromatic heterocycles. The fraction of sp³-hybridized carbons (Fsp3) is 0.0690. The van der Waals surface area contributed by atoms with E-state index in [1.165, 1.54) is 5.56 Å². The minimum atomic E-state index is -0.897. The number of hydrogen-bond donors (Lipinski definition) is 1. The van der Waals surface area contributed by atoms with Gasteiger partial charge in [0.25, 0.3) is 0 Å². The maximum Gasteiger partial charge on any atom is 0.335 e. The molecule has 3 nitrogen and oxygen atoms in total. The average molecular weight is 418 g/mol. The summed E-state index contributed by atoms with van der Waals surface area (Å²) in [6.45, 7) is 0.805. The van der Waals surface area contributed by atoms with E-state index in [4.69, 9.17) is 0 Å². The van der Waals surface area contributed by atoms with Gasteiger partial charge in [-0.25, -0.2) is 4.79 Å². The molecule has 0 amide bonds. The van der Waals surface area contributed by atoms with Gasteiger partial charge in [0, 0.05) is 23.6 Å². The number of aromatic carboxylic acids is 1. The number of carbonyl (C=O) groups is 1. The van der Waals surface area contributed by atoms with Crippen molar-refractivity contribution in [3.05, 3.63) is 132 Å². The number of benzene rings is 4. The Morgan fingerprint density at radius 1 is 0.719 bits per heavy atom. The molecule has 0 fully saturated rings. The third kappa shape index (κ3) is 3.93. The van der Waals surface area contributed by atoms with Gasteiger partial charge in [-0.2, -0.15) is 0 Å². The van der Waals surface area contributed by atoms with Gasteiger partial charge in [-0.15, -0.1) is 0 Å². The number of carboxylic acid groups (broad SMARTS) is 1. The fourth-order valence-electron chi connectivity index (χ4n) is 4.30. The van der Waals surface area contributed by atoms with Gasteiger partial charge in [0.15, 0.2) is 0 Å². The molecule has 0 bridgehead atoms. The highest BCUT2D eigenvalue weighted by Crippen LogP contribution is 2.27. The summed E-state index contributed by atoms with van der Waals surface area (Å²) in [4.78, 5) is 12.1. The van der Waals surface area contributed by atoms with Crippen LogP contribution in [-0.2, 0) is 13.0 Å². The second-order valence-electron chi connectivity index (χ2n) is 8.00. The molecule has 3 heteroatoms. The molecule has 0 unspecified atom stereocenters. The van der Waals surface area contributed by atoms with Crippen molar-refractivity contribution in [1.82, 2.24) is 4.57 Å². The van der Waals surface area contributed by atoms with Crippen molar-refractivity contribution in [2.24, 2.45) is 0 Å². The van der Waals surface area contributed by atoms with Gasteiger partial charge in [0.05, 0.1) is 5.56 Å². The zero-order valence-electron chi connectivity index (χ0n) is 17.6. The molecule has 5 rings (SSSR count). The van der Waals surface area contributed by atoms with Crippen molar-refractivity contribution in [2.45, 2.75) is 13.0 Å². The predicted molar refractivity (Wildman–Crippen MR) is 129 cm³/mol. The fourth-order valence-corrected chi connectivity index (χ4v) is 4.30. The number of nitrogens with zero attached hydrogens (tertiary/aromatic N) is 1. The van der Waals surface area contributed by atoms with E-state index in [-0.39, 0.29) is 0 Å². The van der Waals surface area contributed by atoms with Gasteiger partial charge in [-0.3, -0.25) is 0 Å². The maximum atomic E-state index is 12.1. The summed E-state index contributed by atoms with van der Waals surface area (Å²) in [5, 5.41) is 11.1. The van der Waals surface area contributed by atoms with Crippen LogP contribution in [0.25, 0.3) is 22.0 Å². The Bertz CT molecular complexity index is 1390. The second-order valence-corrected chi connectivity index (χ2v) is 8.00. The van der Waals surface area contributed by atoms with Crippen molar-refractivity contribution in [3.8, 4) is 11.1 Å². The third-order valence-corrected chi connectivity index (χ3v) is 5.93. The first-order valence-electron chi connectivity index (χ1n) is 10.7. The first kappa shape index (κ1) is 19.8. The summed E-state index contributed by atoms with van der Waals surface area (Å²) in [7, 11) is 0. The maximum absolute atomic E-state index is 12.1. The van der Waals surface area contributed by atoms with Gasteiger partial charge in [0.1, 0.15) is 0 Å². The van der Waals surface area contributed by atoms with Crippen molar-refractivity contribution in [1.29, 1.82) is 0 Å². The van der Waals surface area contributed by atoms with Crippen LogP contribution in [0.3, 0.4) is 0 Å². The first-order valence-corrected chi connectivity index (χ1v) is 10.7. The Hall–Kier alpha value is -4.11. The number of fused-ring (bicyclic) bond motifs is 1. The molecule has 4 aromatic carbocycles. The quantitative estimate of drug-likeness (QED) is 0.336. The van der Waals surface area contributed by atoms with E-state index in [1.807, 2.05) is 48.5 Å². The Balaban J connectivity index is 1.50. The lowest BCUT2D eigenvalue weighted by molar-refractivity contribution is 0.0696. The summed E-state index contributed by atoms with van der Waals surface area (Å²) < 4.78 is 2.24. The van der Waals surface area contributed by atoms with Gasteiger partial charge in [-0.05, 0) is 52.4 Å². The standard InChI is InChI=1S/C29H23NO2/c31-29(32)27-19-23(22-10-5-2-6-11-22)14-15-25(27)18-24-12-7-13-28-26(24)16-17-30(28)20-21-8-3-1-4-9-21/h1-17,19H,18,20H2,(H,31,32). The molecule has 1 heterocycles. The van der Waals surface area contributed by atoms with E-state index >= 15 is 0 Å². The Morgan fingerprint density at radius 2 is 1.47 bits per heavy atom. The molecule has 0 aliphatic heterocycles. The summed E-state index contributed by atoms with van der Waals surface area (Å²) in [6.07, 6.45) is 2.68. The number of rotatable bonds is 6. The monoisotopic (exact) mass is 417 g/mol. The molecule has 0 aliphatic rings. The normalized spacial score (nSPS) is 11.0. The minimum absolute atomic E-state index is 0.354. The van der Waals surface area contributed by atoms with Crippen LogP contribution in [0.15, 0.2) is 109 Å². The van der Waals surface area contributed by atoms with E-state index in [0.717, 1.165) is 39.7 Å². The van der Waals surface area contributed by atoms with Crippen LogP contribution in [0, 0.1) is 0 Å². The van der Waals surface area contributed by atoms with Crippen molar-refractivity contribution >= 4 is 16.9 Å². The highest BCUT2D eigenvalue weighted by Gasteiger charge is 2.14. The molecule has 0 saturated carbocycles. The van der Waals surface area contributed by atoms with E-state index in [1.54, 1.807) is 6.07 Å². The topological polar surface area (TPSA) is 42.2 Å². The van der Waals surface area contributed by atoms with Crippen LogP contribution < -0.4 is 0 Å². The third-order valence-electron chi connectivity index (χ3n) is 5.93. The summed E-state index contributed by atoms with van der Waals surface area (Å²) >= 11 is 0. The lowest BCUT2D eigenvalue weighted by atomic mass is 9.94.